The van der Waals surface area contributed by atoms with E-state index in [9.17, 15) is 14.4 Å². The molecule has 0 radical (unpaired) electrons. The van der Waals surface area contributed by atoms with Crippen molar-refractivity contribution in [2.24, 2.45) is 0 Å². The van der Waals surface area contributed by atoms with Gasteiger partial charge in [0.2, 0.25) is 11.8 Å². The SMILES string of the molecule is O=C(O)CCCCC(=O)NC1CCCN(c2ccccc2)C1=O. The van der Waals surface area contributed by atoms with Gasteiger partial charge in [0, 0.05) is 25.1 Å². The molecule has 1 aromatic carbocycles. The number of carboxylic acids is 1. The first-order valence-corrected chi connectivity index (χ1v) is 7.95. The van der Waals surface area contributed by atoms with E-state index in [2.05, 4.69) is 5.32 Å². The number of rotatable bonds is 7. The number of benzene rings is 1. The first-order chi connectivity index (χ1) is 11.1. The second kappa shape index (κ2) is 8.31. The molecule has 1 unspecified atom stereocenters. The molecule has 2 rings (SSSR count). The number of piperidine rings is 1. The van der Waals surface area contributed by atoms with Crippen LogP contribution in [0.5, 0.6) is 0 Å². The van der Waals surface area contributed by atoms with Crippen LogP contribution in [0.25, 0.3) is 0 Å². The summed E-state index contributed by atoms with van der Waals surface area (Å²) in [5, 5.41) is 11.3. The molecule has 1 aliphatic heterocycles. The number of unbranched alkanes of at least 4 members (excludes halogenated alkanes) is 1. The van der Waals surface area contributed by atoms with Crippen LogP contribution >= 0.6 is 0 Å². The Labute approximate surface area is 135 Å². The molecule has 0 aromatic heterocycles. The fourth-order valence-corrected chi connectivity index (χ4v) is 2.70. The molecule has 1 atom stereocenters. The van der Waals surface area contributed by atoms with E-state index < -0.39 is 12.0 Å². The summed E-state index contributed by atoms with van der Waals surface area (Å²) in [6.45, 7) is 0.661. The number of nitrogens with zero attached hydrogens (tertiary/aromatic N) is 1. The zero-order chi connectivity index (χ0) is 16.7. The summed E-state index contributed by atoms with van der Waals surface area (Å²) in [4.78, 5) is 36.6. The molecule has 1 aromatic rings. The lowest BCUT2D eigenvalue weighted by Crippen LogP contribution is -2.52. The summed E-state index contributed by atoms with van der Waals surface area (Å²) in [5.74, 6) is -1.13. The fourth-order valence-electron chi connectivity index (χ4n) is 2.70. The lowest BCUT2D eigenvalue weighted by molar-refractivity contribution is -0.137. The molecular weight excluding hydrogens is 296 g/mol. The fraction of sp³-hybridized carbons (Fsp3) is 0.471. The summed E-state index contributed by atoms with van der Waals surface area (Å²) < 4.78 is 0. The first kappa shape index (κ1) is 17.0. The lowest BCUT2D eigenvalue weighted by atomic mass is 10.0. The Morgan fingerprint density at radius 2 is 1.87 bits per heavy atom. The number of para-hydroxylation sites is 1. The molecule has 0 aliphatic carbocycles. The number of carboxylic acid groups (broad SMARTS) is 1. The topological polar surface area (TPSA) is 86.7 Å². The van der Waals surface area contributed by atoms with Gasteiger partial charge in [-0.3, -0.25) is 14.4 Å². The zero-order valence-corrected chi connectivity index (χ0v) is 13.0. The first-order valence-electron chi connectivity index (χ1n) is 7.95. The molecule has 6 nitrogen and oxygen atoms in total. The largest absolute Gasteiger partial charge is 0.481 e. The predicted octanol–water partition coefficient (Wildman–Crippen LogP) is 1.94. The van der Waals surface area contributed by atoms with Crippen molar-refractivity contribution in [2.75, 3.05) is 11.4 Å². The number of nitrogens with one attached hydrogen (secondary N) is 1. The summed E-state index contributed by atoms with van der Waals surface area (Å²) in [6, 6.07) is 8.94. The second-order valence-corrected chi connectivity index (χ2v) is 5.69. The van der Waals surface area contributed by atoms with Crippen LogP contribution in [0.15, 0.2) is 30.3 Å². The highest BCUT2D eigenvalue weighted by atomic mass is 16.4. The minimum Gasteiger partial charge on any atom is -0.481 e. The Kier molecular flexibility index (Phi) is 6.14. The van der Waals surface area contributed by atoms with Crippen LogP contribution in [-0.2, 0) is 14.4 Å². The van der Waals surface area contributed by atoms with E-state index >= 15 is 0 Å². The number of amides is 2. The molecule has 23 heavy (non-hydrogen) atoms. The summed E-state index contributed by atoms with van der Waals surface area (Å²) in [6.07, 6.45) is 2.78. The highest BCUT2D eigenvalue weighted by molar-refractivity contribution is 5.99. The van der Waals surface area contributed by atoms with Crippen LogP contribution in [0.4, 0.5) is 5.69 Å². The highest BCUT2D eigenvalue weighted by Gasteiger charge is 2.30. The molecule has 2 N–H and O–H groups in total. The monoisotopic (exact) mass is 318 g/mol. The molecule has 2 amide bonds. The molecule has 1 saturated heterocycles. The van der Waals surface area contributed by atoms with E-state index in [1.165, 1.54) is 0 Å². The van der Waals surface area contributed by atoms with Crippen LogP contribution in [0.2, 0.25) is 0 Å². The number of carbonyl (C=O) groups is 3. The maximum Gasteiger partial charge on any atom is 0.303 e. The van der Waals surface area contributed by atoms with E-state index in [0.717, 1.165) is 12.1 Å². The molecule has 0 spiro atoms. The summed E-state index contributed by atoms with van der Waals surface area (Å²) in [7, 11) is 0. The zero-order valence-electron chi connectivity index (χ0n) is 13.0. The number of hydrogen-bond acceptors (Lipinski definition) is 3. The Morgan fingerprint density at radius 1 is 1.17 bits per heavy atom. The van der Waals surface area contributed by atoms with Gasteiger partial charge in [0.1, 0.15) is 6.04 Å². The normalized spacial score (nSPS) is 17.8. The minimum atomic E-state index is -0.855. The predicted molar refractivity (Wildman–Crippen MR) is 86.1 cm³/mol. The van der Waals surface area contributed by atoms with Crippen LogP contribution < -0.4 is 10.2 Å². The van der Waals surface area contributed by atoms with Gasteiger partial charge in [0.25, 0.3) is 0 Å². The van der Waals surface area contributed by atoms with E-state index in [1.807, 2.05) is 30.3 Å². The number of aliphatic carboxylic acids is 1. The maximum absolute atomic E-state index is 12.5. The second-order valence-electron chi connectivity index (χ2n) is 5.69. The van der Waals surface area contributed by atoms with Gasteiger partial charge in [-0.2, -0.15) is 0 Å². The Balaban J connectivity index is 1.84. The molecular formula is C17H22N2O4. The molecule has 0 saturated carbocycles. The summed E-state index contributed by atoms with van der Waals surface area (Å²) in [5.41, 5.74) is 0.845. The summed E-state index contributed by atoms with van der Waals surface area (Å²) >= 11 is 0. The number of anilines is 1. The maximum atomic E-state index is 12.5. The van der Waals surface area contributed by atoms with Crippen molar-refractivity contribution < 1.29 is 19.5 Å². The Hall–Kier alpha value is -2.37. The third-order valence-corrected chi connectivity index (χ3v) is 3.89. The Morgan fingerprint density at radius 3 is 2.57 bits per heavy atom. The van der Waals surface area contributed by atoms with Crippen molar-refractivity contribution >= 4 is 23.5 Å². The van der Waals surface area contributed by atoms with E-state index in [0.29, 0.717) is 25.8 Å². The van der Waals surface area contributed by atoms with Gasteiger partial charge < -0.3 is 15.3 Å². The lowest BCUT2D eigenvalue weighted by Gasteiger charge is -2.32. The smallest absolute Gasteiger partial charge is 0.303 e. The van der Waals surface area contributed by atoms with Crippen LogP contribution in [0.1, 0.15) is 38.5 Å². The van der Waals surface area contributed by atoms with E-state index in [-0.39, 0.29) is 24.7 Å². The van der Waals surface area contributed by atoms with Crippen LogP contribution in [-0.4, -0.2) is 35.5 Å². The van der Waals surface area contributed by atoms with Gasteiger partial charge in [0.05, 0.1) is 0 Å². The average molecular weight is 318 g/mol. The molecule has 1 heterocycles. The third kappa shape index (κ3) is 5.09. The van der Waals surface area contributed by atoms with Crippen LogP contribution in [0.3, 0.4) is 0 Å². The van der Waals surface area contributed by atoms with Gasteiger partial charge in [-0.1, -0.05) is 18.2 Å². The van der Waals surface area contributed by atoms with E-state index in [1.54, 1.807) is 4.90 Å². The minimum absolute atomic E-state index is 0.0669. The van der Waals surface area contributed by atoms with Gasteiger partial charge in [-0.15, -0.1) is 0 Å². The van der Waals surface area contributed by atoms with E-state index in [4.69, 9.17) is 5.11 Å². The average Bonchev–Trinajstić information content (AvgIpc) is 2.54. The molecule has 6 heteroatoms. The highest BCUT2D eigenvalue weighted by Crippen LogP contribution is 2.20. The van der Waals surface area contributed by atoms with Gasteiger partial charge in [-0.25, -0.2) is 0 Å². The van der Waals surface area contributed by atoms with Crippen molar-refractivity contribution in [2.45, 2.75) is 44.6 Å². The van der Waals surface area contributed by atoms with Gasteiger partial charge in [0.15, 0.2) is 0 Å². The van der Waals surface area contributed by atoms with Crippen molar-refractivity contribution in [1.82, 2.24) is 5.32 Å². The molecule has 1 fully saturated rings. The van der Waals surface area contributed by atoms with Crippen molar-refractivity contribution in [3.63, 3.8) is 0 Å². The van der Waals surface area contributed by atoms with Gasteiger partial charge in [-0.05, 0) is 37.8 Å². The van der Waals surface area contributed by atoms with Crippen molar-refractivity contribution in [3.8, 4) is 0 Å². The van der Waals surface area contributed by atoms with Crippen LogP contribution in [0, 0.1) is 0 Å². The van der Waals surface area contributed by atoms with Gasteiger partial charge >= 0.3 is 5.97 Å². The molecule has 124 valence electrons. The number of carbonyl (C=O) groups excluding carboxylic acids is 2. The molecule has 1 aliphatic rings. The van der Waals surface area contributed by atoms with Crippen molar-refractivity contribution in [1.29, 1.82) is 0 Å². The quantitative estimate of drug-likeness (QED) is 0.752. The van der Waals surface area contributed by atoms with Crippen molar-refractivity contribution in [3.05, 3.63) is 30.3 Å². The third-order valence-electron chi connectivity index (χ3n) is 3.89. The Bertz CT molecular complexity index is 559. The number of hydrogen-bond donors (Lipinski definition) is 2. The molecule has 0 bridgehead atoms. The standard InChI is InChI=1S/C17H22N2O4/c20-15(10-4-5-11-16(21)22)18-14-9-6-12-19(17(14)23)13-7-2-1-3-8-13/h1-3,7-8,14H,4-6,9-12H2,(H,18,20)(H,21,22).